The van der Waals surface area contributed by atoms with Crippen molar-refractivity contribution in [3.8, 4) is 0 Å². The Morgan fingerprint density at radius 2 is 1.73 bits per heavy atom. The van der Waals surface area contributed by atoms with Gasteiger partial charge in [0.25, 0.3) is 5.69 Å². The molecule has 0 bridgehead atoms. The van der Waals surface area contributed by atoms with E-state index in [1.54, 1.807) is 29.2 Å². The van der Waals surface area contributed by atoms with Crippen molar-refractivity contribution in [2.75, 3.05) is 4.90 Å². The predicted molar refractivity (Wildman–Crippen MR) is 118 cm³/mol. The number of carbonyl (C=O) groups excluding carboxylic acids is 1. The molecule has 4 rings (SSSR count). The molecule has 1 aliphatic rings. The monoisotopic (exact) mass is 419 g/mol. The third-order valence-corrected chi connectivity index (χ3v) is 5.35. The van der Waals surface area contributed by atoms with Crippen LogP contribution in [0.15, 0.2) is 77.8 Å². The van der Waals surface area contributed by atoms with Crippen LogP contribution in [0.2, 0.25) is 5.02 Å². The summed E-state index contributed by atoms with van der Waals surface area (Å²) in [7, 11) is 0. The molecule has 0 saturated heterocycles. The second-order valence-electron chi connectivity index (χ2n) is 7.01. The van der Waals surface area contributed by atoms with E-state index in [0.717, 1.165) is 16.8 Å². The molecule has 1 unspecified atom stereocenters. The van der Waals surface area contributed by atoms with Crippen molar-refractivity contribution in [2.24, 2.45) is 4.99 Å². The SMILES string of the molecule is CC(=O)N1c2ccccc2N=C(c2ccc(Cl)cc2)CC1c1ccc([N+](=O)[O-])cc1. The van der Waals surface area contributed by atoms with E-state index >= 15 is 0 Å². The maximum Gasteiger partial charge on any atom is 0.269 e. The van der Waals surface area contributed by atoms with Gasteiger partial charge in [-0.3, -0.25) is 19.9 Å². The molecule has 0 saturated carbocycles. The van der Waals surface area contributed by atoms with Crippen molar-refractivity contribution in [3.63, 3.8) is 0 Å². The fraction of sp³-hybridized carbons (Fsp3) is 0.130. The van der Waals surface area contributed by atoms with Crippen LogP contribution in [0, 0.1) is 10.1 Å². The molecule has 0 radical (unpaired) electrons. The summed E-state index contributed by atoms with van der Waals surface area (Å²) < 4.78 is 0. The summed E-state index contributed by atoms with van der Waals surface area (Å²) in [4.78, 5) is 29.9. The van der Waals surface area contributed by atoms with Crippen LogP contribution in [0.5, 0.6) is 0 Å². The summed E-state index contributed by atoms with van der Waals surface area (Å²) >= 11 is 6.05. The van der Waals surface area contributed by atoms with Gasteiger partial charge in [0.2, 0.25) is 5.91 Å². The fourth-order valence-electron chi connectivity index (χ4n) is 3.69. The van der Waals surface area contributed by atoms with E-state index in [-0.39, 0.29) is 17.6 Å². The van der Waals surface area contributed by atoms with Crippen molar-refractivity contribution in [1.29, 1.82) is 0 Å². The molecule has 1 atom stereocenters. The number of halogens is 1. The Labute approximate surface area is 178 Å². The first-order valence-electron chi connectivity index (χ1n) is 9.41. The summed E-state index contributed by atoms with van der Waals surface area (Å²) in [6.07, 6.45) is 0.452. The summed E-state index contributed by atoms with van der Waals surface area (Å²) in [5, 5.41) is 11.7. The Balaban J connectivity index is 1.86. The quantitative estimate of drug-likeness (QED) is 0.393. The number of aliphatic imine (C=N–C) groups is 1. The molecule has 1 heterocycles. The van der Waals surface area contributed by atoms with Gasteiger partial charge in [-0.05, 0) is 35.4 Å². The second kappa shape index (κ2) is 8.08. The zero-order chi connectivity index (χ0) is 21.3. The van der Waals surface area contributed by atoms with Gasteiger partial charge in [0.05, 0.1) is 28.1 Å². The van der Waals surface area contributed by atoms with Crippen LogP contribution in [0.25, 0.3) is 0 Å². The van der Waals surface area contributed by atoms with E-state index in [4.69, 9.17) is 16.6 Å². The number of hydrogen-bond acceptors (Lipinski definition) is 4. The van der Waals surface area contributed by atoms with Crippen molar-refractivity contribution >= 4 is 40.3 Å². The first-order chi connectivity index (χ1) is 14.4. The summed E-state index contributed by atoms with van der Waals surface area (Å²) in [5.74, 6) is -0.127. The third kappa shape index (κ3) is 3.82. The molecule has 0 N–H and O–H groups in total. The van der Waals surface area contributed by atoms with Crippen LogP contribution in [0.3, 0.4) is 0 Å². The molecule has 1 amide bonds. The molecule has 6 nitrogen and oxygen atoms in total. The van der Waals surface area contributed by atoms with Gasteiger partial charge in [-0.15, -0.1) is 0 Å². The molecule has 0 spiro atoms. The highest BCUT2D eigenvalue weighted by Crippen LogP contribution is 2.41. The smallest absolute Gasteiger partial charge is 0.269 e. The van der Waals surface area contributed by atoms with Crippen LogP contribution in [0.4, 0.5) is 17.1 Å². The maximum atomic E-state index is 12.7. The lowest BCUT2D eigenvalue weighted by atomic mass is 9.95. The van der Waals surface area contributed by atoms with Crippen molar-refractivity contribution < 1.29 is 9.72 Å². The number of non-ortho nitro benzene ring substituents is 1. The average molecular weight is 420 g/mol. The predicted octanol–water partition coefficient (Wildman–Crippen LogP) is 5.87. The van der Waals surface area contributed by atoms with E-state index in [1.807, 2.05) is 36.4 Å². The number of carbonyl (C=O) groups is 1. The second-order valence-corrected chi connectivity index (χ2v) is 7.45. The highest BCUT2D eigenvalue weighted by atomic mass is 35.5. The number of fused-ring (bicyclic) bond motifs is 1. The highest BCUT2D eigenvalue weighted by molar-refractivity contribution is 6.30. The minimum absolute atomic E-state index is 0.00809. The van der Waals surface area contributed by atoms with Crippen molar-refractivity contribution in [1.82, 2.24) is 0 Å². The molecular weight excluding hydrogens is 402 g/mol. The van der Waals surface area contributed by atoms with Gasteiger partial charge >= 0.3 is 0 Å². The molecule has 150 valence electrons. The van der Waals surface area contributed by atoms with Gasteiger partial charge in [0.15, 0.2) is 0 Å². The molecular formula is C23H18ClN3O3. The lowest BCUT2D eigenvalue weighted by Gasteiger charge is -2.30. The van der Waals surface area contributed by atoms with E-state index in [1.165, 1.54) is 19.1 Å². The number of rotatable bonds is 3. The van der Waals surface area contributed by atoms with Gasteiger partial charge in [-0.25, -0.2) is 0 Å². The number of hydrogen-bond donors (Lipinski definition) is 0. The number of nitro groups is 1. The molecule has 7 heteroatoms. The molecule has 1 aliphatic heterocycles. The Kier molecular flexibility index (Phi) is 5.33. The van der Waals surface area contributed by atoms with Gasteiger partial charge in [-0.1, -0.05) is 48.0 Å². The number of anilines is 1. The first kappa shape index (κ1) is 19.8. The van der Waals surface area contributed by atoms with Crippen LogP contribution in [0.1, 0.15) is 30.5 Å². The van der Waals surface area contributed by atoms with E-state index in [0.29, 0.717) is 22.8 Å². The van der Waals surface area contributed by atoms with Gasteiger partial charge in [0.1, 0.15) is 0 Å². The van der Waals surface area contributed by atoms with Gasteiger partial charge < -0.3 is 4.90 Å². The Morgan fingerprint density at radius 3 is 2.37 bits per heavy atom. The van der Waals surface area contributed by atoms with E-state index in [9.17, 15) is 14.9 Å². The third-order valence-electron chi connectivity index (χ3n) is 5.10. The van der Waals surface area contributed by atoms with Crippen molar-refractivity contribution in [3.05, 3.63) is 99.1 Å². The van der Waals surface area contributed by atoms with Gasteiger partial charge in [-0.2, -0.15) is 0 Å². The zero-order valence-corrected chi connectivity index (χ0v) is 16.9. The Hall–Kier alpha value is -3.51. The van der Waals surface area contributed by atoms with Crippen LogP contribution >= 0.6 is 11.6 Å². The average Bonchev–Trinajstić information content (AvgIpc) is 2.91. The van der Waals surface area contributed by atoms with Crippen LogP contribution in [-0.4, -0.2) is 16.5 Å². The number of para-hydroxylation sites is 2. The first-order valence-corrected chi connectivity index (χ1v) is 9.78. The van der Waals surface area contributed by atoms with Crippen LogP contribution in [-0.2, 0) is 4.79 Å². The fourth-order valence-corrected chi connectivity index (χ4v) is 3.82. The molecule has 3 aromatic rings. The zero-order valence-electron chi connectivity index (χ0n) is 16.2. The van der Waals surface area contributed by atoms with Crippen LogP contribution < -0.4 is 4.90 Å². The number of nitrogens with zero attached hydrogens (tertiary/aromatic N) is 3. The maximum absolute atomic E-state index is 12.7. The lowest BCUT2D eigenvalue weighted by Crippen LogP contribution is -2.33. The molecule has 30 heavy (non-hydrogen) atoms. The summed E-state index contributed by atoms with van der Waals surface area (Å²) in [5.41, 5.74) is 3.93. The highest BCUT2D eigenvalue weighted by Gasteiger charge is 2.31. The standard InChI is InChI=1S/C23H18ClN3O3/c1-15(28)26-22-5-3-2-4-20(22)25-21(16-6-10-18(24)11-7-16)14-23(26)17-8-12-19(13-9-17)27(29)30/h2-13,23H,14H2,1H3. The van der Waals surface area contributed by atoms with Gasteiger partial charge in [0, 0.05) is 30.5 Å². The van der Waals surface area contributed by atoms with E-state index < -0.39 is 4.92 Å². The number of benzene rings is 3. The largest absolute Gasteiger partial charge is 0.303 e. The Bertz CT molecular complexity index is 1140. The molecule has 0 fully saturated rings. The lowest BCUT2D eigenvalue weighted by molar-refractivity contribution is -0.384. The number of nitro benzene ring substituents is 1. The van der Waals surface area contributed by atoms with E-state index in [2.05, 4.69) is 0 Å². The summed E-state index contributed by atoms with van der Waals surface area (Å²) in [6, 6.07) is 20.9. The normalized spacial score (nSPS) is 15.7. The minimum Gasteiger partial charge on any atom is -0.303 e. The molecule has 3 aromatic carbocycles. The number of amides is 1. The minimum atomic E-state index is -0.435. The molecule has 0 aliphatic carbocycles. The Morgan fingerprint density at radius 1 is 1.07 bits per heavy atom. The summed E-state index contributed by atoms with van der Waals surface area (Å²) in [6.45, 7) is 1.52. The topological polar surface area (TPSA) is 75.8 Å². The van der Waals surface area contributed by atoms with Crippen molar-refractivity contribution in [2.45, 2.75) is 19.4 Å². The molecule has 0 aromatic heterocycles.